The van der Waals surface area contributed by atoms with Crippen LogP contribution in [0.4, 0.5) is 0 Å². The maximum Gasteiger partial charge on any atom is 0.293 e. The largest absolute Gasteiger partial charge is 0.431 e. The lowest BCUT2D eigenvalue weighted by atomic mass is 10.1. The van der Waals surface area contributed by atoms with E-state index in [0.29, 0.717) is 5.76 Å². The highest BCUT2D eigenvalue weighted by Gasteiger charge is 2.06. The van der Waals surface area contributed by atoms with Crippen molar-refractivity contribution in [2.24, 2.45) is 0 Å². The van der Waals surface area contributed by atoms with E-state index in [9.17, 15) is 4.79 Å². The lowest BCUT2D eigenvalue weighted by Gasteiger charge is -2.08. The molecule has 1 aliphatic heterocycles. The van der Waals surface area contributed by atoms with E-state index in [1.165, 1.54) is 6.07 Å². The van der Waals surface area contributed by atoms with Crippen LogP contribution >= 0.6 is 0 Å². The molecule has 1 aromatic heterocycles. The van der Waals surface area contributed by atoms with Crippen molar-refractivity contribution in [2.45, 2.75) is 58.3 Å². The first-order chi connectivity index (χ1) is 12.3. The second kappa shape index (κ2) is 11.1. The Kier molecular flexibility index (Phi) is 8.41. The van der Waals surface area contributed by atoms with Crippen LogP contribution in [0.3, 0.4) is 0 Å². The monoisotopic (exact) mass is 338 g/mol. The molecule has 0 amide bonds. The van der Waals surface area contributed by atoms with Crippen LogP contribution in [0.2, 0.25) is 0 Å². The van der Waals surface area contributed by atoms with Crippen LogP contribution < -0.4 is 10.2 Å². The molecule has 3 nitrogen and oxygen atoms in total. The average Bonchev–Trinajstić information content (AvgIpc) is 2.60. The van der Waals surface area contributed by atoms with Gasteiger partial charge in [0.1, 0.15) is 11.5 Å². The predicted molar refractivity (Wildman–Crippen MR) is 101 cm³/mol. The fourth-order valence-corrected chi connectivity index (χ4v) is 2.45. The molecular weight excluding hydrogens is 312 g/mol. The summed E-state index contributed by atoms with van der Waals surface area (Å²) in [5.41, 5.74) is -0.0802. The van der Waals surface area contributed by atoms with Gasteiger partial charge in [-0.3, -0.25) is 4.79 Å². The fourth-order valence-electron chi connectivity index (χ4n) is 2.45. The molecule has 0 N–H and O–H groups in total. The summed E-state index contributed by atoms with van der Waals surface area (Å²) in [5, 5.41) is 0. The Morgan fingerprint density at radius 1 is 1.04 bits per heavy atom. The summed E-state index contributed by atoms with van der Waals surface area (Å²) >= 11 is 0. The summed E-state index contributed by atoms with van der Waals surface area (Å²) in [6.45, 7) is 2.02. The first-order valence-electron chi connectivity index (χ1n) is 9.04. The van der Waals surface area contributed by atoms with E-state index in [2.05, 4.69) is 36.1 Å². The van der Waals surface area contributed by atoms with Gasteiger partial charge in [-0.2, -0.15) is 0 Å². The minimum Gasteiger partial charge on any atom is -0.431 e. The summed E-state index contributed by atoms with van der Waals surface area (Å²) < 4.78 is 11.5. The topological polar surface area (TPSA) is 39.4 Å². The molecule has 0 unspecified atom stereocenters. The molecule has 1 aromatic rings. The van der Waals surface area contributed by atoms with Crippen LogP contribution in [0.5, 0.6) is 5.95 Å². The zero-order chi connectivity index (χ0) is 17.7. The third-order valence-corrected chi connectivity index (χ3v) is 3.78. The first-order valence-corrected chi connectivity index (χ1v) is 9.04. The van der Waals surface area contributed by atoms with Crippen LogP contribution in [-0.4, -0.2) is 0 Å². The van der Waals surface area contributed by atoms with Gasteiger partial charge in [0.15, 0.2) is 5.43 Å². The van der Waals surface area contributed by atoms with E-state index in [0.717, 1.165) is 57.1 Å². The third-order valence-electron chi connectivity index (χ3n) is 3.78. The molecule has 1 aliphatic rings. The lowest BCUT2D eigenvalue weighted by molar-refractivity contribution is 0.284. The molecule has 132 valence electrons. The Labute approximate surface area is 150 Å². The van der Waals surface area contributed by atoms with E-state index in [1.54, 1.807) is 6.07 Å². The first kappa shape index (κ1) is 18.9. The maximum absolute atomic E-state index is 11.9. The number of rotatable bonds is 1. The highest BCUT2D eigenvalue weighted by atomic mass is 16.6. The standard InChI is InChI=1S/C22H26O3/c1-2-20-15-13-11-9-7-5-3-4-6-8-10-12-14-16-21-17-19(23)18-22(24-20)25-21/h3,5,9,11,15,17-18H,2,4,7,10,12-14,16H2,1H3/b5-3-,11-9-,20-15-. The second-order valence-electron chi connectivity index (χ2n) is 5.88. The summed E-state index contributed by atoms with van der Waals surface area (Å²) in [6, 6.07) is 2.95. The second-order valence-corrected chi connectivity index (χ2v) is 5.88. The van der Waals surface area contributed by atoms with E-state index >= 15 is 0 Å². The zero-order valence-electron chi connectivity index (χ0n) is 14.9. The van der Waals surface area contributed by atoms with Crippen molar-refractivity contribution in [1.82, 2.24) is 0 Å². The molecule has 0 aliphatic carbocycles. The number of allylic oxidation sites excluding steroid dienone is 6. The molecule has 0 radical (unpaired) electrons. The van der Waals surface area contributed by atoms with Crippen molar-refractivity contribution in [2.75, 3.05) is 0 Å². The number of hydrogen-bond acceptors (Lipinski definition) is 3. The Morgan fingerprint density at radius 2 is 1.88 bits per heavy atom. The Morgan fingerprint density at radius 3 is 2.76 bits per heavy atom. The molecular formula is C22H26O3. The minimum atomic E-state index is -0.0802. The predicted octanol–water partition coefficient (Wildman–Crippen LogP) is 5.33. The SMILES string of the molecule is CC/C1=C/C/C=C\C/C=C\CC#CCCCCc2cc(=O)cc(o2)O1. The summed E-state index contributed by atoms with van der Waals surface area (Å²) in [6.07, 6.45) is 17.3. The van der Waals surface area contributed by atoms with Crippen molar-refractivity contribution in [3.8, 4) is 17.8 Å². The van der Waals surface area contributed by atoms with Crippen LogP contribution in [0.1, 0.15) is 57.6 Å². The van der Waals surface area contributed by atoms with E-state index in [-0.39, 0.29) is 11.4 Å². The summed E-state index contributed by atoms with van der Waals surface area (Å²) in [7, 11) is 0. The van der Waals surface area contributed by atoms with Crippen molar-refractivity contribution in [3.63, 3.8) is 0 Å². The molecule has 0 fully saturated rings. The molecule has 2 rings (SSSR count). The van der Waals surface area contributed by atoms with Gasteiger partial charge in [-0.1, -0.05) is 37.1 Å². The van der Waals surface area contributed by atoms with E-state index in [1.807, 2.05) is 13.0 Å². The van der Waals surface area contributed by atoms with Crippen molar-refractivity contribution in [1.29, 1.82) is 0 Å². The Hall–Kier alpha value is -2.47. The van der Waals surface area contributed by atoms with Crippen molar-refractivity contribution in [3.05, 3.63) is 64.3 Å². The number of fused-ring (bicyclic) bond motifs is 2. The third kappa shape index (κ3) is 7.76. The Bertz CT molecular complexity index is 739. The molecule has 3 heteroatoms. The quantitative estimate of drug-likeness (QED) is 0.513. The Balaban J connectivity index is 2.14. The smallest absolute Gasteiger partial charge is 0.293 e. The molecule has 0 saturated carbocycles. The van der Waals surface area contributed by atoms with Crippen LogP contribution in [-0.2, 0) is 6.42 Å². The fraction of sp³-hybridized carbons (Fsp3) is 0.409. The van der Waals surface area contributed by atoms with Gasteiger partial charge in [-0.15, -0.1) is 5.92 Å². The van der Waals surface area contributed by atoms with E-state index < -0.39 is 0 Å². The molecule has 0 saturated heterocycles. The van der Waals surface area contributed by atoms with Gasteiger partial charge < -0.3 is 9.15 Å². The zero-order valence-corrected chi connectivity index (χ0v) is 14.9. The van der Waals surface area contributed by atoms with E-state index in [4.69, 9.17) is 9.15 Å². The van der Waals surface area contributed by atoms with Gasteiger partial charge in [0.25, 0.3) is 5.95 Å². The van der Waals surface area contributed by atoms with Gasteiger partial charge in [0, 0.05) is 31.7 Å². The molecule has 25 heavy (non-hydrogen) atoms. The maximum atomic E-state index is 11.9. The highest BCUT2D eigenvalue weighted by molar-refractivity contribution is 5.14. The normalized spacial score (nSPS) is 21.1. The average molecular weight is 338 g/mol. The number of hydrogen-bond donors (Lipinski definition) is 0. The summed E-state index contributed by atoms with van der Waals surface area (Å²) in [5.74, 6) is 8.11. The minimum absolute atomic E-state index is 0.0802. The lowest BCUT2D eigenvalue weighted by Crippen LogP contribution is -2.03. The number of aryl methyl sites for hydroxylation is 1. The van der Waals surface area contributed by atoms with Crippen LogP contribution in [0, 0.1) is 11.8 Å². The van der Waals surface area contributed by atoms with Gasteiger partial charge in [0.05, 0.1) is 6.07 Å². The molecule has 2 heterocycles. The molecule has 0 atom stereocenters. The van der Waals surface area contributed by atoms with Crippen LogP contribution in [0.15, 0.2) is 57.5 Å². The molecule has 0 aromatic carbocycles. The highest BCUT2D eigenvalue weighted by Crippen LogP contribution is 2.17. The molecule has 2 bridgehead atoms. The number of ether oxygens (including phenoxy) is 1. The van der Waals surface area contributed by atoms with Gasteiger partial charge >= 0.3 is 0 Å². The van der Waals surface area contributed by atoms with Gasteiger partial charge in [-0.05, 0) is 31.8 Å². The molecule has 0 spiro atoms. The summed E-state index contributed by atoms with van der Waals surface area (Å²) in [4.78, 5) is 11.9. The van der Waals surface area contributed by atoms with Crippen molar-refractivity contribution < 1.29 is 9.15 Å². The van der Waals surface area contributed by atoms with Gasteiger partial charge in [0.2, 0.25) is 0 Å². The van der Waals surface area contributed by atoms with Crippen LogP contribution in [0.25, 0.3) is 0 Å². The van der Waals surface area contributed by atoms with Gasteiger partial charge in [-0.25, -0.2) is 0 Å². The van der Waals surface area contributed by atoms with Crippen molar-refractivity contribution >= 4 is 0 Å².